The third-order valence-electron chi connectivity index (χ3n) is 5.04. The fourth-order valence-electron chi connectivity index (χ4n) is 3.87. The van der Waals surface area contributed by atoms with Gasteiger partial charge in [0.2, 0.25) is 0 Å². The second kappa shape index (κ2) is 7.33. The number of hydrogen-bond acceptors (Lipinski definition) is 3. The lowest BCUT2D eigenvalue weighted by Gasteiger charge is -2.45. The van der Waals surface area contributed by atoms with Crippen LogP contribution in [-0.2, 0) is 0 Å². The van der Waals surface area contributed by atoms with E-state index >= 15 is 0 Å². The van der Waals surface area contributed by atoms with Gasteiger partial charge in [0.25, 0.3) is 0 Å². The molecular formula is C16H32N2S. The Hall–Kier alpha value is 0.270. The maximum absolute atomic E-state index is 3.78. The van der Waals surface area contributed by atoms with Crippen molar-refractivity contribution in [3.63, 3.8) is 0 Å². The number of rotatable bonds is 5. The number of hydrogen-bond donors (Lipinski definition) is 1. The topological polar surface area (TPSA) is 15.3 Å². The van der Waals surface area contributed by atoms with Crippen LogP contribution in [0, 0.1) is 5.92 Å². The SMILES string of the molecule is CCCC1CN(C2CCC(SC)C2)C(C(C)C)CN1. The molecule has 0 spiro atoms. The van der Waals surface area contributed by atoms with Crippen molar-refractivity contribution < 1.29 is 0 Å². The van der Waals surface area contributed by atoms with Gasteiger partial charge in [0.1, 0.15) is 0 Å². The van der Waals surface area contributed by atoms with Crippen LogP contribution < -0.4 is 5.32 Å². The Bertz CT molecular complexity index is 269. The lowest BCUT2D eigenvalue weighted by atomic mass is 9.94. The van der Waals surface area contributed by atoms with Crippen molar-refractivity contribution in [3.05, 3.63) is 0 Å². The summed E-state index contributed by atoms with van der Waals surface area (Å²) < 4.78 is 0. The number of nitrogens with one attached hydrogen (secondary N) is 1. The molecule has 0 aromatic carbocycles. The molecule has 1 N–H and O–H groups in total. The van der Waals surface area contributed by atoms with Gasteiger partial charge in [-0.1, -0.05) is 27.2 Å². The third-order valence-corrected chi connectivity index (χ3v) is 6.13. The van der Waals surface area contributed by atoms with Crippen LogP contribution in [0.25, 0.3) is 0 Å². The van der Waals surface area contributed by atoms with E-state index in [4.69, 9.17) is 0 Å². The van der Waals surface area contributed by atoms with Crippen molar-refractivity contribution in [1.82, 2.24) is 10.2 Å². The Morgan fingerprint density at radius 1 is 1.32 bits per heavy atom. The van der Waals surface area contributed by atoms with Gasteiger partial charge in [-0.05, 0) is 37.9 Å². The molecule has 4 atom stereocenters. The normalized spacial score (nSPS) is 37.1. The van der Waals surface area contributed by atoms with Crippen LogP contribution in [0.15, 0.2) is 0 Å². The van der Waals surface area contributed by atoms with E-state index in [0.29, 0.717) is 0 Å². The molecule has 1 heterocycles. The molecule has 0 bridgehead atoms. The minimum Gasteiger partial charge on any atom is -0.311 e. The molecule has 112 valence electrons. The van der Waals surface area contributed by atoms with Crippen LogP contribution in [0.2, 0.25) is 0 Å². The molecule has 0 amide bonds. The summed E-state index contributed by atoms with van der Waals surface area (Å²) in [7, 11) is 0. The minimum absolute atomic E-state index is 0.730. The zero-order valence-electron chi connectivity index (χ0n) is 13.2. The first kappa shape index (κ1) is 15.7. The first-order valence-electron chi connectivity index (χ1n) is 8.17. The van der Waals surface area contributed by atoms with Gasteiger partial charge in [0, 0.05) is 36.5 Å². The molecule has 1 saturated heterocycles. The van der Waals surface area contributed by atoms with Crippen LogP contribution in [0.1, 0.15) is 52.9 Å². The summed E-state index contributed by atoms with van der Waals surface area (Å²) in [5.41, 5.74) is 0. The summed E-state index contributed by atoms with van der Waals surface area (Å²) in [6, 6.07) is 2.33. The van der Waals surface area contributed by atoms with E-state index in [9.17, 15) is 0 Å². The Labute approximate surface area is 124 Å². The molecule has 2 aliphatic rings. The summed E-state index contributed by atoms with van der Waals surface area (Å²) >= 11 is 2.08. The quantitative estimate of drug-likeness (QED) is 0.833. The molecule has 2 nitrogen and oxygen atoms in total. The largest absolute Gasteiger partial charge is 0.311 e. The first-order chi connectivity index (χ1) is 9.15. The molecule has 0 radical (unpaired) electrons. The second-order valence-corrected chi connectivity index (χ2v) is 7.86. The molecule has 0 aromatic rings. The van der Waals surface area contributed by atoms with Crippen molar-refractivity contribution in [3.8, 4) is 0 Å². The van der Waals surface area contributed by atoms with Gasteiger partial charge in [0.15, 0.2) is 0 Å². The zero-order valence-corrected chi connectivity index (χ0v) is 14.0. The third kappa shape index (κ3) is 3.89. The number of thioether (sulfide) groups is 1. The lowest BCUT2D eigenvalue weighted by molar-refractivity contribution is 0.0559. The predicted molar refractivity (Wildman–Crippen MR) is 87.0 cm³/mol. The molecule has 0 aromatic heterocycles. The highest BCUT2D eigenvalue weighted by atomic mass is 32.2. The standard InChI is InChI=1S/C16H32N2S/c1-5-6-13-11-18(16(10-17-13)12(2)3)14-7-8-15(9-14)19-4/h12-17H,5-11H2,1-4H3. The molecule has 4 unspecified atom stereocenters. The molecule has 1 saturated carbocycles. The maximum Gasteiger partial charge on any atom is 0.0247 e. The molecule has 2 fully saturated rings. The van der Waals surface area contributed by atoms with Gasteiger partial charge >= 0.3 is 0 Å². The molecular weight excluding hydrogens is 252 g/mol. The van der Waals surface area contributed by atoms with Gasteiger partial charge in [-0.2, -0.15) is 11.8 Å². The Morgan fingerprint density at radius 2 is 2.11 bits per heavy atom. The van der Waals surface area contributed by atoms with Crippen LogP contribution in [0.4, 0.5) is 0 Å². The van der Waals surface area contributed by atoms with Crippen LogP contribution in [0.3, 0.4) is 0 Å². The van der Waals surface area contributed by atoms with Gasteiger partial charge < -0.3 is 5.32 Å². The van der Waals surface area contributed by atoms with Crippen molar-refractivity contribution in [2.45, 2.75) is 76.3 Å². The Balaban J connectivity index is 1.99. The van der Waals surface area contributed by atoms with Crippen molar-refractivity contribution in [1.29, 1.82) is 0 Å². The van der Waals surface area contributed by atoms with E-state index in [1.807, 2.05) is 0 Å². The van der Waals surface area contributed by atoms with E-state index in [-0.39, 0.29) is 0 Å². The van der Waals surface area contributed by atoms with Crippen LogP contribution in [-0.4, -0.2) is 47.6 Å². The number of nitrogens with zero attached hydrogens (tertiary/aromatic N) is 1. The lowest BCUT2D eigenvalue weighted by Crippen LogP contribution is -2.60. The summed E-state index contributed by atoms with van der Waals surface area (Å²) in [5, 5.41) is 4.70. The average Bonchev–Trinajstić information content (AvgIpc) is 2.87. The first-order valence-corrected chi connectivity index (χ1v) is 9.46. The zero-order chi connectivity index (χ0) is 13.8. The van der Waals surface area contributed by atoms with Crippen LogP contribution in [0.5, 0.6) is 0 Å². The maximum atomic E-state index is 3.78. The highest BCUT2D eigenvalue weighted by Crippen LogP contribution is 2.34. The molecule has 19 heavy (non-hydrogen) atoms. The van der Waals surface area contributed by atoms with E-state index in [1.165, 1.54) is 45.2 Å². The van der Waals surface area contributed by atoms with Crippen molar-refractivity contribution >= 4 is 11.8 Å². The summed E-state index contributed by atoms with van der Waals surface area (Å²) in [5.74, 6) is 0.767. The summed E-state index contributed by atoms with van der Waals surface area (Å²) in [6.45, 7) is 9.56. The molecule has 1 aliphatic carbocycles. The fourth-order valence-corrected chi connectivity index (χ4v) is 4.66. The summed E-state index contributed by atoms with van der Waals surface area (Å²) in [4.78, 5) is 2.87. The molecule has 1 aliphatic heterocycles. The van der Waals surface area contributed by atoms with Crippen molar-refractivity contribution in [2.75, 3.05) is 19.3 Å². The minimum atomic E-state index is 0.730. The molecule has 3 heteroatoms. The van der Waals surface area contributed by atoms with E-state index < -0.39 is 0 Å². The predicted octanol–water partition coefficient (Wildman–Crippen LogP) is 3.37. The Kier molecular flexibility index (Phi) is 6.04. The fraction of sp³-hybridized carbons (Fsp3) is 1.00. The summed E-state index contributed by atoms with van der Waals surface area (Å²) in [6.07, 6.45) is 9.19. The monoisotopic (exact) mass is 284 g/mol. The van der Waals surface area contributed by atoms with Gasteiger partial charge in [-0.25, -0.2) is 0 Å². The Morgan fingerprint density at radius 3 is 2.68 bits per heavy atom. The highest BCUT2D eigenvalue weighted by molar-refractivity contribution is 7.99. The number of piperazine rings is 1. The van der Waals surface area contributed by atoms with E-state index in [2.05, 4.69) is 49.0 Å². The smallest absolute Gasteiger partial charge is 0.0247 e. The average molecular weight is 285 g/mol. The highest BCUT2D eigenvalue weighted by Gasteiger charge is 2.37. The van der Waals surface area contributed by atoms with Gasteiger partial charge in [-0.3, -0.25) is 4.90 Å². The molecule has 2 rings (SSSR count). The van der Waals surface area contributed by atoms with Crippen LogP contribution >= 0.6 is 11.8 Å². The van der Waals surface area contributed by atoms with Gasteiger partial charge in [0.05, 0.1) is 0 Å². The van der Waals surface area contributed by atoms with E-state index in [1.54, 1.807) is 0 Å². The van der Waals surface area contributed by atoms with E-state index in [0.717, 1.165) is 29.3 Å². The van der Waals surface area contributed by atoms with Crippen molar-refractivity contribution in [2.24, 2.45) is 5.92 Å². The second-order valence-electron chi connectivity index (χ2n) is 6.73. The van der Waals surface area contributed by atoms with Gasteiger partial charge in [-0.15, -0.1) is 0 Å².